The molecule has 20 heavy (non-hydrogen) atoms. The molecule has 0 radical (unpaired) electrons. The second-order valence-corrected chi connectivity index (χ2v) is 5.74. The van der Waals surface area contributed by atoms with Gasteiger partial charge in [0.2, 0.25) is 0 Å². The van der Waals surface area contributed by atoms with E-state index < -0.39 is 5.97 Å². The third kappa shape index (κ3) is 4.21. The van der Waals surface area contributed by atoms with Gasteiger partial charge in [-0.15, -0.1) is 11.3 Å². The highest BCUT2D eigenvalue weighted by molar-refractivity contribution is 7.13. The Bertz CT molecular complexity index is 583. The lowest BCUT2D eigenvalue weighted by atomic mass is 10.2. The first-order valence-corrected chi connectivity index (χ1v) is 7.43. The summed E-state index contributed by atoms with van der Waals surface area (Å²) in [6.07, 6.45) is 0.0895. The van der Waals surface area contributed by atoms with Crippen LogP contribution in [0.2, 0.25) is 5.02 Å². The number of carboxylic acids is 1. The topological polar surface area (TPSA) is 53.4 Å². The number of aryl methyl sites for hydroxylation is 1. The molecule has 4 nitrogen and oxygen atoms in total. The van der Waals surface area contributed by atoms with Crippen LogP contribution in [0.5, 0.6) is 0 Å². The SMILES string of the molecule is Cc1csc(N(CCC(=O)O)Cc2ccc(Cl)cc2)n1. The fraction of sp³-hybridized carbons (Fsp3) is 0.286. The minimum absolute atomic E-state index is 0.0895. The van der Waals surface area contributed by atoms with Crippen LogP contribution in [0.15, 0.2) is 29.6 Å². The highest BCUT2D eigenvalue weighted by Crippen LogP contribution is 2.23. The highest BCUT2D eigenvalue weighted by atomic mass is 35.5. The summed E-state index contributed by atoms with van der Waals surface area (Å²) in [7, 11) is 0. The van der Waals surface area contributed by atoms with Gasteiger partial charge in [0, 0.05) is 23.5 Å². The van der Waals surface area contributed by atoms with Crippen LogP contribution in [0.4, 0.5) is 5.13 Å². The van der Waals surface area contributed by atoms with E-state index in [2.05, 4.69) is 4.98 Å². The molecule has 0 amide bonds. The molecule has 0 aliphatic heterocycles. The number of thiazole rings is 1. The number of anilines is 1. The third-order valence-corrected chi connectivity index (χ3v) is 4.03. The number of halogens is 1. The molecule has 0 atom stereocenters. The molecule has 106 valence electrons. The number of aromatic nitrogens is 1. The Kier molecular flexibility index (Phi) is 4.98. The van der Waals surface area contributed by atoms with Gasteiger partial charge < -0.3 is 10.0 Å². The van der Waals surface area contributed by atoms with Crippen molar-refractivity contribution in [1.29, 1.82) is 0 Å². The van der Waals surface area contributed by atoms with Gasteiger partial charge in [0.25, 0.3) is 0 Å². The summed E-state index contributed by atoms with van der Waals surface area (Å²) in [6.45, 7) is 2.99. The summed E-state index contributed by atoms with van der Waals surface area (Å²) >= 11 is 7.40. The zero-order valence-corrected chi connectivity index (χ0v) is 12.6. The van der Waals surface area contributed by atoms with Gasteiger partial charge in [-0.05, 0) is 24.6 Å². The van der Waals surface area contributed by atoms with Crippen molar-refractivity contribution in [3.05, 3.63) is 45.9 Å². The normalized spacial score (nSPS) is 10.5. The quantitative estimate of drug-likeness (QED) is 0.886. The second-order valence-electron chi connectivity index (χ2n) is 4.46. The zero-order valence-electron chi connectivity index (χ0n) is 11.0. The number of hydrogen-bond donors (Lipinski definition) is 1. The predicted octanol–water partition coefficient (Wildman–Crippen LogP) is 3.59. The minimum Gasteiger partial charge on any atom is -0.481 e. The van der Waals surface area contributed by atoms with Gasteiger partial charge in [-0.1, -0.05) is 23.7 Å². The van der Waals surface area contributed by atoms with Gasteiger partial charge in [0.05, 0.1) is 12.1 Å². The van der Waals surface area contributed by atoms with Crippen molar-refractivity contribution in [2.75, 3.05) is 11.4 Å². The lowest BCUT2D eigenvalue weighted by molar-refractivity contribution is -0.136. The first kappa shape index (κ1) is 14.8. The van der Waals surface area contributed by atoms with Crippen molar-refractivity contribution in [1.82, 2.24) is 4.98 Å². The molecule has 0 unspecified atom stereocenters. The Morgan fingerprint density at radius 2 is 2.10 bits per heavy atom. The molecule has 0 spiro atoms. The van der Waals surface area contributed by atoms with E-state index in [4.69, 9.17) is 16.7 Å². The third-order valence-electron chi connectivity index (χ3n) is 2.76. The first-order valence-electron chi connectivity index (χ1n) is 6.18. The van der Waals surface area contributed by atoms with Crippen molar-refractivity contribution in [3.63, 3.8) is 0 Å². The van der Waals surface area contributed by atoms with Crippen LogP contribution in [0.1, 0.15) is 17.7 Å². The van der Waals surface area contributed by atoms with Crippen molar-refractivity contribution in [2.24, 2.45) is 0 Å². The number of aliphatic carboxylic acids is 1. The molecular formula is C14H15ClN2O2S. The van der Waals surface area contributed by atoms with Crippen LogP contribution < -0.4 is 4.90 Å². The average molecular weight is 311 g/mol. The number of rotatable bonds is 6. The molecule has 0 fully saturated rings. The van der Waals surface area contributed by atoms with Gasteiger partial charge in [-0.2, -0.15) is 0 Å². The second kappa shape index (κ2) is 6.72. The molecule has 0 saturated heterocycles. The van der Waals surface area contributed by atoms with E-state index in [0.29, 0.717) is 18.1 Å². The number of benzene rings is 1. The molecule has 1 N–H and O–H groups in total. The van der Waals surface area contributed by atoms with Crippen LogP contribution in [0, 0.1) is 6.92 Å². The standard InChI is InChI=1S/C14H15ClN2O2S/c1-10-9-20-14(16-10)17(7-6-13(18)19)8-11-2-4-12(15)5-3-11/h2-5,9H,6-8H2,1H3,(H,18,19). The van der Waals surface area contributed by atoms with E-state index in [1.54, 1.807) is 0 Å². The molecule has 0 saturated carbocycles. The molecule has 1 aromatic carbocycles. The first-order chi connectivity index (χ1) is 9.54. The summed E-state index contributed by atoms with van der Waals surface area (Å²) in [4.78, 5) is 17.2. The highest BCUT2D eigenvalue weighted by Gasteiger charge is 2.12. The van der Waals surface area contributed by atoms with E-state index in [1.165, 1.54) is 11.3 Å². The van der Waals surface area contributed by atoms with Crippen LogP contribution in [-0.2, 0) is 11.3 Å². The zero-order chi connectivity index (χ0) is 14.5. The summed E-state index contributed by atoms with van der Waals surface area (Å²) in [5, 5.41) is 12.4. The van der Waals surface area contributed by atoms with Gasteiger partial charge >= 0.3 is 5.97 Å². The monoisotopic (exact) mass is 310 g/mol. The van der Waals surface area contributed by atoms with Crippen LogP contribution >= 0.6 is 22.9 Å². The van der Waals surface area contributed by atoms with Gasteiger partial charge in [0.1, 0.15) is 0 Å². The van der Waals surface area contributed by atoms with Gasteiger partial charge in [0.15, 0.2) is 5.13 Å². The fourth-order valence-corrected chi connectivity index (χ4v) is 2.73. The molecule has 0 aliphatic carbocycles. The smallest absolute Gasteiger partial charge is 0.305 e. The summed E-state index contributed by atoms with van der Waals surface area (Å²) in [5.41, 5.74) is 2.02. The fourth-order valence-electron chi connectivity index (χ4n) is 1.77. The van der Waals surface area contributed by atoms with Crippen molar-refractivity contribution in [3.8, 4) is 0 Å². The Morgan fingerprint density at radius 1 is 1.40 bits per heavy atom. The van der Waals surface area contributed by atoms with E-state index in [0.717, 1.165) is 16.4 Å². The van der Waals surface area contributed by atoms with Gasteiger partial charge in [-0.3, -0.25) is 4.79 Å². The lowest BCUT2D eigenvalue weighted by Crippen LogP contribution is -2.25. The van der Waals surface area contributed by atoms with Crippen LogP contribution in [0.3, 0.4) is 0 Å². The molecule has 6 heteroatoms. The molecule has 0 aliphatic rings. The van der Waals surface area contributed by atoms with Crippen molar-refractivity contribution < 1.29 is 9.90 Å². The van der Waals surface area contributed by atoms with E-state index >= 15 is 0 Å². The molecule has 2 aromatic rings. The molecule has 0 bridgehead atoms. The maximum absolute atomic E-state index is 10.8. The minimum atomic E-state index is -0.806. The van der Waals surface area contributed by atoms with Crippen molar-refractivity contribution >= 4 is 34.0 Å². The number of carboxylic acid groups (broad SMARTS) is 1. The Balaban J connectivity index is 2.13. The van der Waals surface area contributed by atoms with Crippen LogP contribution in [-0.4, -0.2) is 22.6 Å². The molecule has 2 rings (SSSR count). The number of carbonyl (C=O) groups is 1. The van der Waals surface area contributed by atoms with Crippen molar-refractivity contribution in [2.45, 2.75) is 19.9 Å². The summed E-state index contributed by atoms with van der Waals surface area (Å²) < 4.78 is 0. The molecule has 1 heterocycles. The Labute approximate surface area is 126 Å². The number of hydrogen-bond acceptors (Lipinski definition) is 4. The Morgan fingerprint density at radius 3 is 2.65 bits per heavy atom. The average Bonchev–Trinajstić information content (AvgIpc) is 2.83. The maximum atomic E-state index is 10.8. The number of nitrogens with zero attached hydrogens (tertiary/aromatic N) is 2. The van der Waals surface area contributed by atoms with E-state index in [9.17, 15) is 4.79 Å². The Hall–Kier alpha value is -1.59. The molecular weight excluding hydrogens is 296 g/mol. The largest absolute Gasteiger partial charge is 0.481 e. The maximum Gasteiger partial charge on any atom is 0.305 e. The lowest BCUT2D eigenvalue weighted by Gasteiger charge is -2.21. The summed E-state index contributed by atoms with van der Waals surface area (Å²) in [5.74, 6) is -0.806. The van der Waals surface area contributed by atoms with Crippen LogP contribution in [0.25, 0.3) is 0 Å². The van der Waals surface area contributed by atoms with E-state index in [-0.39, 0.29) is 6.42 Å². The predicted molar refractivity (Wildman–Crippen MR) is 81.6 cm³/mol. The summed E-state index contributed by atoms with van der Waals surface area (Å²) in [6, 6.07) is 7.55. The van der Waals surface area contributed by atoms with E-state index in [1.807, 2.05) is 41.5 Å². The molecule has 1 aromatic heterocycles. The van der Waals surface area contributed by atoms with Gasteiger partial charge in [-0.25, -0.2) is 4.98 Å².